The summed E-state index contributed by atoms with van der Waals surface area (Å²) >= 11 is 0. The van der Waals surface area contributed by atoms with Gasteiger partial charge in [-0.25, -0.2) is 0 Å². The summed E-state index contributed by atoms with van der Waals surface area (Å²) in [6.45, 7) is 6.38. The zero-order chi connectivity index (χ0) is 29.6. The molecule has 6 aromatic rings. The molecule has 43 heavy (non-hydrogen) atoms. The van der Waals surface area contributed by atoms with Gasteiger partial charge in [0.25, 0.3) is 0 Å². The smallest absolute Gasteiger partial charge is 0.0464 e. The zero-order valence-corrected chi connectivity index (χ0v) is 25.0. The van der Waals surface area contributed by atoms with Gasteiger partial charge in [-0.3, -0.25) is 0 Å². The first kappa shape index (κ1) is 27.8. The van der Waals surface area contributed by atoms with Crippen molar-refractivity contribution in [3.8, 4) is 0 Å². The number of nitrogens with zero attached hydrogens (tertiary/aromatic N) is 2. The average Bonchev–Trinajstić information content (AvgIpc) is 3.04. The maximum Gasteiger partial charge on any atom is 0.0464 e. The molecule has 0 atom stereocenters. The molecule has 210 valence electrons. The van der Waals surface area contributed by atoms with E-state index in [0.717, 1.165) is 45.3 Å². The van der Waals surface area contributed by atoms with Crippen molar-refractivity contribution < 1.29 is 0 Å². The molecule has 2 nitrogen and oxygen atoms in total. The van der Waals surface area contributed by atoms with Gasteiger partial charge in [0.1, 0.15) is 0 Å². The van der Waals surface area contributed by atoms with Crippen LogP contribution in [0.3, 0.4) is 0 Å². The van der Waals surface area contributed by atoms with Crippen LogP contribution in [0.2, 0.25) is 0 Å². The number of benzene rings is 6. The van der Waals surface area contributed by atoms with Gasteiger partial charge >= 0.3 is 0 Å². The fraction of sp³-hybridized carbons (Fsp3) is 0.0732. The number of anilines is 6. The standard InChI is InChI=1S/C41H36N2/c1-31-12-22-37(23-13-31)42(38-24-14-32(2)15-25-38)39-26-18-34(19-27-39)16-17-35-20-28-40(29-21-35)43(36-9-5-4-6-10-36)41-11-7-8-33(3)30-41/h4-30H,1-3H3. The molecule has 6 rings (SSSR count). The van der Waals surface area contributed by atoms with Crippen molar-refractivity contribution in [3.63, 3.8) is 0 Å². The van der Waals surface area contributed by atoms with E-state index >= 15 is 0 Å². The van der Waals surface area contributed by atoms with Crippen LogP contribution in [0.15, 0.2) is 152 Å². The second kappa shape index (κ2) is 12.7. The zero-order valence-electron chi connectivity index (χ0n) is 25.0. The quantitative estimate of drug-likeness (QED) is 0.172. The van der Waals surface area contributed by atoms with Crippen LogP contribution in [0.1, 0.15) is 27.8 Å². The van der Waals surface area contributed by atoms with Crippen molar-refractivity contribution in [1.82, 2.24) is 0 Å². The number of hydrogen-bond donors (Lipinski definition) is 0. The summed E-state index contributed by atoms with van der Waals surface area (Å²) in [4.78, 5) is 4.60. The molecule has 6 aromatic carbocycles. The third-order valence-corrected chi connectivity index (χ3v) is 7.63. The van der Waals surface area contributed by atoms with Gasteiger partial charge < -0.3 is 9.80 Å². The van der Waals surface area contributed by atoms with E-state index in [1.165, 1.54) is 16.7 Å². The van der Waals surface area contributed by atoms with Gasteiger partial charge in [-0.1, -0.05) is 102 Å². The van der Waals surface area contributed by atoms with Gasteiger partial charge in [0.2, 0.25) is 0 Å². The van der Waals surface area contributed by atoms with Crippen LogP contribution < -0.4 is 9.80 Å². The van der Waals surface area contributed by atoms with Gasteiger partial charge in [0.05, 0.1) is 0 Å². The molecule has 0 saturated carbocycles. The second-order valence-corrected chi connectivity index (χ2v) is 11.0. The summed E-state index contributed by atoms with van der Waals surface area (Å²) in [5.41, 5.74) is 12.9. The minimum Gasteiger partial charge on any atom is -0.311 e. The minimum absolute atomic E-state index is 1.13. The fourth-order valence-electron chi connectivity index (χ4n) is 5.29. The lowest BCUT2D eigenvalue weighted by molar-refractivity contribution is 1.27. The van der Waals surface area contributed by atoms with Gasteiger partial charge in [-0.05, 0) is 110 Å². The Morgan fingerprint density at radius 2 is 0.698 bits per heavy atom. The number of para-hydroxylation sites is 1. The Morgan fingerprint density at radius 3 is 1.14 bits per heavy atom. The van der Waals surface area contributed by atoms with E-state index in [9.17, 15) is 0 Å². The largest absolute Gasteiger partial charge is 0.311 e. The maximum absolute atomic E-state index is 2.30. The Hall–Kier alpha value is -5.34. The van der Waals surface area contributed by atoms with Crippen molar-refractivity contribution in [3.05, 3.63) is 179 Å². The SMILES string of the molecule is Cc1ccc(N(c2ccc(C)cc2)c2ccc(C=Cc3ccc(N(c4ccccc4)c4cccc(C)c4)cc3)cc2)cc1. The second-order valence-electron chi connectivity index (χ2n) is 11.0. The first-order valence-electron chi connectivity index (χ1n) is 14.8. The molecule has 2 heteroatoms. The van der Waals surface area contributed by atoms with Crippen LogP contribution in [-0.4, -0.2) is 0 Å². The highest BCUT2D eigenvalue weighted by molar-refractivity contribution is 5.80. The van der Waals surface area contributed by atoms with E-state index in [4.69, 9.17) is 0 Å². The van der Waals surface area contributed by atoms with Crippen molar-refractivity contribution >= 4 is 46.3 Å². The maximum atomic E-state index is 2.30. The Morgan fingerprint density at radius 1 is 0.326 bits per heavy atom. The van der Waals surface area contributed by atoms with E-state index in [0.29, 0.717) is 0 Å². The van der Waals surface area contributed by atoms with E-state index in [-0.39, 0.29) is 0 Å². The molecule has 0 saturated heterocycles. The highest BCUT2D eigenvalue weighted by Crippen LogP contribution is 2.36. The number of rotatable bonds is 8. The normalized spacial score (nSPS) is 11.0. The Labute approximate surface area is 255 Å². The predicted molar refractivity (Wildman–Crippen MR) is 185 cm³/mol. The van der Waals surface area contributed by atoms with E-state index in [1.807, 2.05) is 0 Å². The van der Waals surface area contributed by atoms with Crippen molar-refractivity contribution in [2.75, 3.05) is 9.80 Å². The Balaban J connectivity index is 1.23. The van der Waals surface area contributed by atoms with Crippen LogP contribution >= 0.6 is 0 Å². The van der Waals surface area contributed by atoms with Gasteiger partial charge in [0, 0.05) is 34.1 Å². The number of hydrogen-bond acceptors (Lipinski definition) is 2. The van der Waals surface area contributed by atoms with Gasteiger partial charge in [-0.15, -0.1) is 0 Å². The molecule has 0 bridgehead atoms. The summed E-state index contributed by atoms with van der Waals surface area (Å²) in [6.07, 6.45) is 4.35. The third kappa shape index (κ3) is 6.60. The number of aryl methyl sites for hydroxylation is 3. The lowest BCUT2D eigenvalue weighted by Gasteiger charge is -2.26. The summed E-state index contributed by atoms with van der Waals surface area (Å²) in [5.74, 6) is 0. The van der Waals surface area contributed by atoms with Crippen LogP contribution in [0, 0.1) is 20.8 Å². The molecule has 0 amide bonds. The molecule has 0 aliphatic rings. The van der Waals surface area contributed by atoms with Crippen LogP contribution in [-0.2, 0) is 0 Å². The molecule has 0 spiro atoms. The highest BCUT2D eigenvalue weighted by atomic mass is 15.1. The fourth-order valence-corrected chi connectivity index (χ4v) is 5.29. The first-order chi connectivity index (χ1) is 21.0. The molecule has 0 fully saturated rings. The predicted octanol–water partition coefficient (Wildman–Crippen LogP) is 11.7. The Bertz CT molecular complexity index is 1750. The Kier molecular flexibility index (Phi) is 8.19. The lowest BCUT2D eigenvalue weighted by Crippen LogP contribution is -2.09. The van der Waals surface area contributed by atoms with Gasteiger partial charge in [0.15, 0.2) is 0 Å². The van der Waals surface area contributed by atoms with Crippen molar-refractivity contribution in [2.45, 2.75) is 20.8 Å². The van der Waals surface area contributed by atoms with E-state index < -0.39 is 0 Å². The van der Waals surface area contributed by atoms with Crippen LogP contribution in [0.5, 0.6) is 0 Å². The molecule has 0 heterocycles. The van der Waals surface area contributed by atoms with Crippen molar-refractivity contribution in [2.24, 2.45) is 0 Å². The third-order valence-electron chi connectivity index (χ3n) is 7.63. The van der Waals surface area contributed by atoms with Crippen LogP contribution in [0.25, 0.3) is 12.2 Å². The molecular weight excluding hydrogens is 520 g/mol. The molecule has 0 unspecified atom stereocenters. The monoisotopic (exact) mass is 556 g/mol. The molecule has 0 aromatic heterocycles. The average molecular weight is 557 g/mol. The summed E-state index contributed by atoms with van der Waals surface area (Å²) < 4.78 is 0. The van der Waals surface area contributed by atoms with E-state index in [1.54, 1.807) is 0 Å². The molecular formula is C41H36N2. The van der Waals surface area contributed by atoms with Gasteiger partial charge in [-0.2, -0.15) is 0 Å². The summed E-state index contributed by atoms with van der Waals surface area (Å²) in [6, 6.07) is 54.1. The molecule has 0 aliphatic carbocycles. The van der Waals surface area contributed by atoms with E-state index in [2.05, 4.69) is 194 Å². The topological polar surface area (TPSA) is 6.48 Å². The summed E-state index contributed by atoms with van der Waals surface area (Å²) in [7, 11) is 0. The minimum atomic E-state index is 1.13. The summed E-state index contributed by atoms with van der Waals surface area (Å²) in [5, 5.41) is 0. The van der Waals surface area contributed by atoms with Crippen LogP contribution in [0.4, 0.5) is 34.1 Å². The van der Waals surface area contributed by atoms with Crippen molar-refractivity contribution in [1.29, 1.82) is 0 Å². The first-order valence-corrected chi connectivity index (χ1v) is 14.8. The highest BCUT2D eigenvalue weighted by Gasteiger charge is 2.13. The molecule has 0 aliphatic heterocycles. The molecule has 0 radical (unpaired) electrons. The molecule has 0 N–H and O–H groups in total. The lowest BCUT2D eigenvalue weighted by atomic mass is 10.1.